The molecular formula is C19H22N4O4. The minimum atomic E-state index is -1.00. The highest BCUT2D eigenvalue weighted by molar-refractivity contribution is 5.89. The first kappa shape index (κ1) is 18.7. The van der Waals surface area contributed by atoms with Crippen LogP contribution in [-0.2, 0) is 9.59 Å². The number of carboxylic acids is 1. The van der Waals surface area contributed by atoms with Gasteiger partial charge in [-0.1, -0.05) is 6.07 Å². The van der Waals surface area contributed by atoms with Gasteiger partial charge in [-0.25, -0.2) is 4.79 Å². The van der Waals surface area contributed by atoms with E-state index < -0.39 is 5.97 Å². The van der Waals surface area contributed by atoms with Crippen molar-refractivity contribution in [3.05, 3.63) is 29.8 Å². The van der Waals surface area contributed by atoms with Crippen LogP contribution in [0.5, 0.6) is 0 Å². The van der Waals surface area contributed by atoms with Gasteiger partial charge in [0.25, 0.3) is 0 Å². The van der Waals surface area contributed by atoms with Gasteiger partial charge in [-0.3, -0.25) is 9.59 Å². The molecule has 3 amide bonds. The first-order chi connectivity index (χ1) is 12.9. The lowest BCUT2D eigenvalue weighted by molar-refractivity contribution is -0.149. The number of nitriles is 1. The van der Waals surface area contributed by atoms with E-state index in [0.717, 1.165) is 19.3 Å². The first-order valence-corrected chi connectivity index (χ1v) is 8.96. The highest BCUT2D eigenvalue weighted by Crippen LogP contribution is 2.40. The summed E-state index contributed by atoms with van der Waals surface area (Å²) in [6.45, 7) is 1.29. The summed E-state index contributed by atoms with van der Waals surface area (Å²) in [6.07, 6.45) is 2.58. The van der Waals surface area contributed by atoms with Crippen molar-refractivity contribution in [2.75, 3.05) is 31.5 Å². The van der Waals surface area contributed by atoms with Gasteiger partial charge < -0.3 is 20.2 Å². The SMILES string of the molecule is N#Cc1cccc(NC(=O)N2CCC3(CCC(=O)N(CC(=O)O)C3)CC2)c1. The van der Waals surface area contributed by atoms with E-state index in [2.05, 4.69) is 5.32 Å². The first-order valence-electron chi connectivity index (χ1n) is 8.96. The number of anilines is 1. The molecule has 2 saturated heterocycles. The maximum atomic E-state index is 12.5. The van der Waals surface area contributed by atoms with E-state index in [4.69, 9.17) is 10.4 Å². The predicted molar refractivity (Wildman–Crippen MR) is 96.9 cm³/mol. The molecule has 0 aliphatic carbocycles. The predicted octanol–water partition coefficient (Wildman–Crippen LogP) is 1.88. The molecule has 8 nitrogen and oxygen atoms in total. The largest absolute Gasteiger partial charge is 0.480 e. The number of piperidine rings is 2. The molecule has 0 radical (unpaired) electrons. The van der Waals surface area contributed by atoms with Crippen molar-refractivity contribution in [3.8, 4) is 6.07 Å². The van der Waals surface area contributed by atoms with Crippen LogP contribution in [0.15, 0.2) is 24.3 Å². The van der Waals surface area contributed by atoms with E-state index in [9.17, 15) is 14.4 Å². The van der Waals surface area contributed by atoms with Crippen molar-refractivity contribution in [2.45, 2.75) is 25.7 Å². The van der Waals surface area contributed by atoms with E-state index >= 15 is 0 Å². The number of benzene rings is 1. The number of hydrogen-bond acceptors (Lipinski definition) is 4. The lowest BCUT2D eigenvalue weighted by Gasteiger charge is -2.47. The molecule has 0 unspecified atom stereocenters. The maximum absolute atomic E-state index is 12.5. The van der Waals surface area contributed by atoms with Crippen molar-refractivity contribution >= 4 is 23.6 Å². The molecule has 0 aromatic heterocycles. The summed E-state index contributed by atoms with van der Waals surface area (Å²) >= 11 is 0. The highest BCUT2D eigenvalue weighted by atomic mass is 16.4. The molecule has 1 aromatic rings. The Bertz CT molecular complexity index is 793. The number of likely N-dealkylation sites (tertiary alicyclic amines) is 2. The molecule has 1 aromatic carbocycles. The van der Waals surface area contributed by atoms with E-state index in [1.165, 1.54) is 4.90 Å². The molecule has 142 valence electrons. The Morgan fingerprint density at radius 2 is 2.00 bits per heavy atom. The van der Waals surface area contributed by atoms with Crippen molar-refractivity contribution in [2.24, 2.45) is 5.41 Å². The van der Waals surface area contributed by atoms with E-state index in [0.29, 0.717) is 37.3 Å². The monoisotopic (exact) mass is 370 g/mol. The Balaban J connectivity index is 1.58. The van der Waals surface area contributed by atoms with E-state index in [1.807, 2.05) is 6.07 Å². The zero-order valence-corrected chi connectivity index (χ0v) is 15.0. The van der Waals surface area contributed by atoms with Gasteiger partial charge in [0.1, 0.15) is 6.54 Å². The van der Waals surface area contributed by atoms with Crippen LogP contribution in [0.25, 0.3) is 0 Å². The molecule has 8 heteroatoms. The summed E-state index contributed by atoms with van der Waals surface area (Å²) in [5.41, 5.74) is 0.951. The molecule has 3 rings (SSSR count). The zero-order chi connectivity index (χ0) is 19.4. The van der Waals surface area contributed by atoms with Crippen LogP contribution in [0.1, 0.15) is 31.2 Å². The summed E-state index contributed by atoms with van der Waals surface area (Å²) in [6, 6.07) is 8.58. The number of carbonyl (C=O) groups is 3. The second-order valence-corrected chi connectivity index (χ2v) is 7.25. The molecule has 0 saturated carbocycles. The molecule has 1 spiro atoms. The molecule has 2 N–H and O–H groups in total. The standard InChI is InChI=1S/C19H22N4O4/c20-11-14-2-1-3-15(10-14)21-18(27)22-8-6-19(7-9-22)5-4-16(24)23(13-19)12-17(25)26/h1-3,10H,4-9,12-13H2,(H,21,27)(H,25,26). The normalized spacial score (nSPS) is 18.9. The Labute approximate surface area is 157 Å². The highest BCUT2D eigenvalue weighted by Gasteiger charge is 2.42. The van der Waals surface area contributed by atoms with Gasteiger partial charge in [0, 0.05) is 31.7 Å². The van der Waals surface area contributed by atoms with Crippen LogP contribution in [0, 0.1) is 16.7 Å². The fourth-order valence-corrected chi connectivity index (χ4v) is 3.87. The summed E-state index contributed by atoms with van der Waals surface area (Å²) in [5.74, 6) is -1.11. The third-order valence-electron chi connectivity index (χ3n) is 5.43. The summed E-state index contributed by atoms with van der Waals surface area (Å²) in [5, 5.41) is 20.7. The Hall–Kier alpha value is -3.08. The van der Waals surface area contributed by atoms with Gasteiger partial charge in [-0.15, -0.1) is 0 Å². The summed E-state index contributed by atoms with van der Waals surface area (Å²) in [4.78, 5) is 38.6. The Morgan fingerprint density at radius 1 is 1.26 bits per heavy atom. The Kier molecular flexibility index (Phi) is 5.31. The number of carbonyl (C=O) groups excluding carboxylic acids is 2. The molecule has 2 heterocycles. The third kappa shape index (κ3) is 4.37. The van der Waals surface area contributed by atoms with Gasteiger partial charge >= 0.3 is 12.0 Å². The zero-order valence-electron chi connectivity index (χ0n) is 15.0. The number of nitrogens with one attached hydrogen (secondary N) is 1. The fraction of sp³-hybridized carbons (Fsp3) is 0.474. The number of urea groups is 1. The van der Waals surface area contributed by atoms with Crippen LogP contribution in [-0.4, -0.2) is 59.0 Å². The molecule has 2 fully saturated rings. The van der Waals surface area contributed by atoms with Crippen molar-refractivity contribution in [3.63, 3.8) is 0 Å². The van der Waals surface area contributed by atoms with Crippen LogP contribution in [0.3, 0.4) is 0 Å². The van der Waals surface area contributed by atoms with Crippen molar-refractivity contribution in [1.82, 2.24) is 9.80 Å². The molecule has 2 aliphatic heterocycles. The molecule has 0 bridgehead atoms. The molecule has 2 aliphatic rings. The molecule has 27 heavy (non-hydrogen) atoms. The number of rotatable bonds is 3. The van der Waals surface area contributed by atoms with E-state index in [1.54, 1.807) is 29.2 Å². The number of carboxylic acid groups (broad SMARTS) is 1. The van der Waals surface area contributed by atoms with Crippen LogP contribution < -0.4 is 5.32 Å². The van der Waals surface area contributed by atoms with Gasteiger partial charge in [0.05, 0.1) is 11.6 Å². The van der Waals surface area contributed by atoms with E-state index in [-0.39, 0.29) is 23.9 Å². The van der Waals surface area contributed by atoms with Crippen LogP contribution in [0.4, 0.5) is 10.5 Å². The molecule has 0 atom stereocenters. The number of amides is 3. The topological polar surface area (TPSA) is 114 Å². The second-order valence-electron chi connectivity index (χ2n) is 7.25. The Morgan fingerprint density at radius 3 is 2.67 bits per heavy atom. The van der Waals surface area contributed by atoms with Crippen LogP contribution in [0.2, 0.25) is 0 Å². The van der Waals surface area contributed by atoms with Gasteiger partial charge in [0.2, 0.25) is 5.91 Å². The maximum Gasteiger partial charge on any atom is 0.323 e. The number of hydrogen-bond donors (Lipinski definition) is 2. The lowest BCUT2D eigenvalue weighted by atomic mass is 9.72. The second kappa shape index (κ2) is 7.66. The minimum Gasteiger partial charge on any atom is -0.480 e. The van der Waals surface area contributed by atoms with Gasteiger partial charge in [0.15, 0.2) is 0 Å². The molecular weight excluding hydrogens is 348 g/mol. The van der Waals surface area contributed by atoms with Gasteiger partial charge in [-0.2, -0.15) is 5.26 Å². The fourth-order valence-electron chi connectivity index (χ4n) is 3.87. The quantitative estimate of drug-likeness (QED) is 0.843. The van der Waals surface area contributed by atoms with Crippen molar-refractivity contribution in [1.29, 1.82) is 5.26 Å². The smallest absolute Gasteiger partial charge is 0.323 e. The average molecular weight is 370 g/mol. The van der Waals surface area contributed by atoms with Gasteiger partial charge in [-0.05, 0) is 42.9 Å². The van der Waals surface area contributed by atoms with Crippen LogP contribution >= 0.6 is 0 Å². The average Bonchev–Trinajstić information content (AvgIpc) is 2.65. The van der Waals surface area contributed by atoms with Crippen molar-refractivity contribution < 1.29 is 19.5 Å². The summed E-state index contributed by atoms with van der Waals surface area (Å²) < 4.78 is 0. The third-order valence-corrected chi connectivity index (χ3v) is 5.43. The summed E-state index contributed by atoms with van der Waals surface area (Å²) in [7, 11) is 0. The minimum absolute atomic E-state index is 0.110. The lowest BCUT2D eigenvalue weighted by Crippen LogP contribution is -2.53. The number of aliphatic carboxylic acids is 1. The number of nitrogens with zero attached hydrogens (tertiary/aromatic N) is 3.